The molecule has 0 saturated heterocycles. The van der Waals surface area contributed by atoms with E-state index >= 15 is 0 Å². The summed E-state index contributed by atoms with van der Waals surface area (Å²) in [6.45, 7) is 5.34. The number of nitrogens with one attached hydrogen (secondary N) is 1. The lowest BCUT2D eigenvalue weighted by atomic mass is 9.95. The molecule has 138 valence electrons. The van der Waals surface area contributed by atoms with E-state index in [9.17, 15) is 4.79 Å². The maximum Gasteiger partial charge on any atom is 0.253 e. The molecule has 1 atom stereocenters. The molecule has 0 saturated carbocycles. The fourth-order valence-corrected chi connectivity index (χ4v) is 3.05. The summed E-state index contributed by atoms with van der Waals surface area (Å²) in [7, 11) is 0. The highest BCUT2D eigenvalue weighted by Crippen LogP contribution is 2.34. The Morgan fingerprint density at radius 3 is 2.58 bits per heavy atom. The van der Waals surface area contributed by atoms with Crippen molar-refractivity contribution in [1.29, 1.82) is 0 Å². The number of carbonyl (C=O) groups is 1. The van der Waals surface area contributed by atoms with Crippen LogP contribution >= 0.6 is 23.2 Å². The minimum Gasteiger partial charge on any atom is -0.490 e. The molecule has 1 N–H and O–H groups in total. The van der Waals surface area contributed by atoms with E-state index in [0.29, 0.717) is 24.5 Å². The number of fused-ring (bicyclic) bond motifs is 1. The van der Waals surface area contributed by atoms with Crippen molar-refractivity contribution >= 4 is 29.1 Å². The Bertz CT molecular complexity index is 811. The normalized spacial score (nSPS) is 14.7. The average molecular weight is 395 g/mol. The third-order valence-corrected chi connectivity index (χ3v) is 4.83. The number of pyridine rings is 1. The van der Waals surface area contributed by atoms with Gasteiger partial charge in [0.15, 0.2) is 11.5 Å². The lowest BCUT2D eigenvalue weighted by Gasteiger charge is -2.24. The monoisotopic (exact) mass is 394 g/mol. The van der Waals surface area contributed by atoms with E-state index in [-0.39, 0.29) is 28.0 Å². The predicted molar refractivity (Wildman–Crippen MR) is 101 cm³/mol. The predicted octanol–water partition coefficient (Wildman–Crippen LogP) is 4.68. The van der Waals surface area contributed by atoms with Gasteiger partial charge in [0.2, 0.25) is 0 Å². The number of hydrogen-bond acceptors (Lipinski definition) is 4. The van der Waals surface area contributed by atoms with Crippen LogP contribution in [0.3, 0.4) is 0 Å². The molecule has 0 radical (unpaired) electrons. The van der Waals surface area contributed by atoms with Crippen molar-refractivity contribution in [2.45, 2.75) is 26.3 Å². The van der Waals surface area contributed by atoms with Crippen molar-refractivity contribution in [3.63, 3.8) is 0 Å². The van der Waals surface area contributed by atoms with Crippen LogP contribution in [0.5, 0.6) is 11.5 Å². The van der Waals surface area contributed by atoms with Gasteiger partial charge in [-0.3, -0.25) is 4.79 Å². The number of nitrogens with zero attached hydrogens (tertiary/aromatic N) is 1. The number of hydrogen-bond donors (Lipinski definition) is 1. The van der Waals surface area contributed by atoms with Gasteiger partial charge in [-0.25, -0.2) is 4.98 Å². The van der Waals surface area contributed by atoms with Crippen molar-refractivity contribution in [3.05, 3.63) is 51.8 Å². The zero-order valence-electron chi connectivity index (χ0n) is 14.6. The van der Waals surface area contributed by atoms with Gasteiger partial charge in [0.25, 0.3) is 5.91 Å². The SMILES string of the molecule is CC(C)C(NC(=O)c1cnc(Cl)c(Cl)c1)c1ccc2c(c1)OCCCO2. The van der Waals surface area contributed by atoms with E-state index in [1.165, 1.54) is 12.3 Å². The van der Waals surface area contributed by atoms with Crippen LogP contribution in [0.4, 0.5) is 0 Å². The van der Waals surface area contributed by atoms with Gasteiger partial charge in [-0.15, -0.1) is 0 Å². The molecule has 1 aliphatic heterocycles. The molecule has 5 nitrogen and oxygen atoms in total. The van der Waals surface area contributed by atoms with E-state index in [1.54, 1.807) is 0 Å². The van der Waals surface area contributed by atoms with Crippen LogP contribution in [0.1, 0.15) is 42.2 Å². The molecule has 1 unspecified atom stereocenters. The van der Waals surface area contributed by atoms with Crippen molar-refractivity contribution in [1.82, 2.24) is 10.3 Å². The Balaban J connectivity index is 1.84. The first-order valence-corrected chi connectivity index (χ1v) is 9.22. The molecule has 0 bridgehead atoms. The van der Waals surface area contributed by atoms with Crippen molar-refractivity contribution in [3.8, 4) is 11.5 Å². The van der Waals surface area contributed by atoms with Crippen molar-refractivity contribution in [2.75, 3.05) is 13.2 Å². The number of aromatic nitrogens is 1. The zero-order chi connectivity index (χ0) is 18.7. The molecular weight excluding hydrogens is 375 g/mol. The second-order valence-electron chi connectivity index (χ2n) is 6.45. The fourth-order valence-electron chi connectivity index (χ4n) is 2.78. The van der Waals surface area contributed by atoms with E-state index < -0.39 is 0 Å². The third-order valence-electron chi connectivity index (χ3n) is 4.14. The maximum atomic E-state index is 12.6. The van der Waals surface area contributed by atoms with Crippen molar-refractivity contribution in [2.24, 2.45) is 5.92 Å². The molecule has 7 heteroatoms. The van der Waals surface area contributed by atoms with Gasteiger partial charge in [0.1, 0.15) is 5.15 Å². The topological polar surface area (TPSA) is 60.5 Å². The van der Waals surface area contributed by atoms with Crippen LogP contribution in [0.2, 0.25) is 10.2 Å². The van der Waals surface area contributed by atoms with E-state index in [1.807, 2.05) is 32.0 Å². The Kier molecular flexibility index (Phi) is 5.89. The minimum absolute atomic E-state index is 0.166. The first-order valence-electron chi connectivity index (χ1n) is 8.47. The zero-order valence-corrected chi connectivity index (χ0v) is 16.1. The molecule has 0 aliphatic carbocycles. The van der Waals surface area contributed by atoms with Gasteiger partial charge in [-0.1, -0.05) is 43.1 Å². The van der Waals surface area contributed by atoms with Crippen molar-refractivity contribution < 1.29 is 14.3 Å². The van der Waals surface area contributed by atoms with Gasteiger partial charge in [0, 0.05) is 12.6 Å². The molecule has 3 rings (SSSR count). The Morgan fingerprint density at radius 1 is 1.15 bits per heavy atom. The summed E-state index contributed by atoms with van der Waals surface area (Å²) in [6, 6.07) is 7.08. The highest BCUT2D eigenvalue weighted by Gasteiger charge is 2.22. The summed E-state index contributed by atoms with van der Waals surface area (Å²) >= 11 is 11.8. The van der Waals surface area contributed by atoms with Gasteiger partial charge in [0.05, 0.1) is 29.8 Å². The van der Waals surface area contributed by atoms with Crippen LogP contribution in [0.15, 0.2) is 30.5 Å². The Labute approximate surface area is 162 Å². The highest BCUT2D eigenvalue weighted by molar-refractivity contribution is 6.41. The molecule has 1 aliphatic rings. The largest absolute Gasteiger partial charge is 0.490 e. The smallest absolute Gasteiger partial charge is 0.253 e. The van der Waals surface area contributed by atoms with E-state index in [2.05, 4.69) is 10.3 Å². The lowest BCUT2D eigenvalue weighted by molar-refractivity contribution is 0.0925. The molecular formula is C19H20Cl2N2O3. The summed E-state index contributed by atoms with van der Waals surface area (Å²) < 4.78 is 11.4. The number of carbonyl (C=O) groups excluding carboxylic acids is 1. The van der Waals surface area contributed by atoms with Crippen LogP contribution in [0, 0.1) is 5.92 Å². The number of halogens is 2. The molecule has 1 amide bonds. The fraction of sp³-hybridized carbons (Fsp3) is 0.368. The number of benzene rings is 1. The summed E-state index contributed by atoms with van der Waals surface area (Å²) in [5.41, 5.74) is 1.31. The van der Waals surface area contributed by atoms with Crippen LogP contribution in [0.25, 0.3) is 0 Å². The molecule has 2 aromatic rings. The van der Waals surface area contributed by atoms with Gasteiger partial charge in [-0.05, 0) is 29.7 Å². The van der Waals surface area contributed by atoms with Gasteiger partial charge < -0.3 is 14.8 Å². The summed E-state index contributed by atoms with van der Waals surface area (Å²) in [5.74, 6) is 1.34. The number of rotatable bonds is 4. The van der Waals surface area contributed by atoms with Gasteiger partial charge >= 0.3 is 0 Å². The second kappa shape index (κ2) is 8.14. The lowest BCUT2D eigenvalue weighted by Crippen LogP contribution is -2.31. The summed E-state index contributed by atoms with van der Waals surface area (Å²) in [4.78, 5) is 16.6. The third kappa shape index (κ3) is 4.22. The molecule has 1 aromatic carbocycles. The molecule has 0 spiro atoms. The first-order chi connectivity index (χ1) is 12.5. The average Bonchev–Trinajstić information content (AvgIpc) is 2.86. The van der Waals surface area contributed by atoms with E-state index in [0.717, 1.165) is 17.7 Å². The standard InChI is InChI=1S/C19H20Cl2N2O3/c1-11(2)17(23-19(24)13-8-14(20)18(21)22-10-13)12-4-5-15-16(9-12)26-7-3-6-25-15/h4-5,8-11,17H,3,6-7H2,1-2H3,(H,23,24). The molecule has 2 heterocycles. The summed E-state index contributed by atoms with van der Waals surface area (Å²) in [5, 5.41) is 3.46. The summed E-state index contributed by atoms with van der Waals surface area (Å²) in [6.07, 6.45) is 2.26. The Morgan fingerprint density at radius 2 is 1.88 bits per heavy atom. The quantitative estimate of drug-likeness (QED) is 0.764. The van der Waals surface area contributed by atoms with Gasteiger partial charge in [-0.2, -0.15) is 0 Å². The van der Waals surface area contributed by atoms with Crippen LogP contribution < -0.4 is 14.8 Å². The Hall–Kier alpha value is -1.98. The second-order valence-corrected chi connectivity index (χ2v) is 7.21. The number of amides is 1. The number of ether oxygens (including phenoxy) is 2. The molecule has 26 heavy (non-hydrogen) atoms. The highest BCUT2D eigenvalue weighted by atomic mass is 35.5. The van der Waals surface area contributed by atoms with Crippen LogP contribution in [-0.4, -0.2) is 24.1 Å². The van der Waals surface area contributed by atoms with Crippen LogP contribution in [-0.2, 0) is 0 Å². The first kappa shape index (κ1) is 18.8. The molecule has 1 aromatic heterocycles. The molecule has 0 fully saturated rings. The minimum atomic E-state index is -0.262. The van der Waals surface area contributed by atoms with E-state index in [4.69, 9.17) is 32.7 Å². The maximum absolute atomic E-state index is 12.6.